The number of aromatic nitrogens is 2. The highest BCUT2D eigenvalue weighted by molar-refractivity contribution is 5.82. The van der Waals surface area contributed by atoms with Crippen molar-refractivity contribution in [3.8, 4) is 23.3 Å². The van der Waals surface area contributed by atoms with Crippen LogP contribution in [0.5, 0.6) is 23.3 Å². The fourth-order valence-corrected chi connectivity index (χ4v) is 3.06. The van der Waals surface area contributed by atoms with Crippen molar-refractivity contribution in [2.45, 2.75) is 18.6 Å². The average Bonchev–Trinajstić information content (AvgIpc) is 3.16. The molecule has 136 valence electrons. The van der Waals surface area contributed by atoms with Gasteiger partial charge in [-0.15, -0.1) is 0 Å². The number of ether oxygens (including phenoxy) is 4. The van der Waals surface area contributed by atoms with Gasteiger partial charge >= 0.3 is 0 Å². The summed E-state index contributed by atoms with van der Waals surface area (Å²) in [6.07, 6.45) is 2.97. The molecule has 2 aliphatic rings. The van der Waals surface area contributed by atoms with Crippen LogP contribution in [0.15, 0.2) is 36.7 Å². The van der Waals surface area contributed by atoms with Crippen LogP contribution in [-0.2, 0) is 4.79 Å². The third-order valence-corrected chi connectivity index (χ3v) is 4.35. The van der Waals surface area contributed by atoms with Gasteiger partial charge in [0.05, 0.1) is 13.7 Å². The molecule has 1 amide bonds. The van der Waals surface area contributed by atoms with E-state index in [1.807, 2.05) is 18.2 Å². The number of hydrogen-bond donors (Lipinski definition) is 0. The molecule has 0 saturated carbocycles. The number of rotatable bonds is 4. The summed E-state index contributed by atoms with van der Waals surface area (Å²) in [7, 11) is 1.51. The predicted molar refractivity (Wildman–Crippen MR) is 90.6 cm³/mol. The van der Waals surface area contributed by atoms with Crippen molar-refractivity contribution in [1.82, 2.24) is 14.9 Å². The van der Waals surface area contributed by atoms with Gasteiger partial charge in [0, 0.05) is 25.4 Å². The van der Waals surface area contributed by atoms with E-state index in [2.05, 4.69) is 9.97 Å². The molecule has 0 aliphatic carbocycles. The van der Waals surface area contributed by atoms with Crippen LogP contribution < -0.4 is 18.9 Å². The van der Waals surface area contributed by atoms with Crippen LogP contribution in [0.3, 0.4) is 0 Å². The Morgan fingerprint density at radius 3 is 2.77 bits per heavy atom. The first-order valence-corrected chi connectivity index (χ1v) is 8.43. The van der Waals surface area contributed by atoms with E-state index < -0.39 is 6.10 Å². The summed E-state index contributed by atoms with van der Waals surface area (Å²) >= 11 is 0. The molecule has 1 fully saturated rings. The van der Waals surface area contributed by atoms with E-state index in [0.717, 1.165) is 0 Å². The Kier molecular flexibility index (Phi) is 4.47. The molecule has 1 aromatic carbocycles. The summed E-state index contributed by atoms with van der Waals surface area (Å²) < 4.78 is 22.4. The summed E-state index contributed by atoms with van der Waals surface area (Å²) in [5.74, 6) is 1.82. The van der Waals surface area contributed by atoms with E-state index in [-0.39, 0.29) is 18.6 Å². The van der Waals surface area contributed by atoms with Crippen molar-refractivity contribution in [2.75, 3.05) is 26.8 Å². The molecular weight excluding hydrogens is 338 g/mol. The molecule has 1 aromatic heterocycles. The lowest BCUT2D eigenvalue weighted by atomic mass is 10.2. The van der Waals surface area contributed by atoms with Gasteiger partial charge in [-0.25, -0.2) is 9.97 Å². The van der Waals surface area contributed by atoms with E-state index in [1.165, 1.54) is 13.3 Å². The van der Waals surface area contributed by atoms with E-state index >= 15 is 0 Å². The smallest absolute Gasteiger partial charge is 0.278 e. The van der Waals surface area contributed by atoms with Crippen LogP contribution >= 0.6 is 0 Å². The van der Waals surface area contributed by atoms with Crippen molar-refractivity contribution in [1.29, 1.82) is 0 Å². The van der Waals surface area contributed by atoms with Gasteiger partial charge in [0.2, 0.25) is 6.10 Å². The Labute approximate surface area is 150 Å². The molecule has 2 aromatic rings. The molecule has 0 unspecified atom stereocenters. The van der Waals surface area contributed by atoms with Crippen molar-refractivity contribution in [3.05, 3.63) is 36.7 Å². The number of amides is 1. The molecule has 0 spiro atoms. The second-order valence-corrected chi connectivity index (χ2v) is 6.05. The van der Waals surface area contributed by atoms with E-state index in [1.54, 1.807) is 17.2 Å². The fourth-order valence-electron chi connectivity index (χ4n) is 3.06. The van der Waals surface area contributed by atoms with Crippen LogP contribution in [0, 0.1) is 0 Å². The first-order chi connectivity index (χ1) is 12.7. The number of methoxy groups -OCH3 is 1. The van der Waals surface area contributed by atoms with Gasteiger partial charge in [0.15, 0.2) is 11.5 Å². The first kappa shape index (κ1) is 16.4. The summed E-state index contributed by atoms with van der Waals surface area (Å²) in [5, 5.41) is 0. The van der Waals surface area contributed by atoms with Crippen molar-refractivity contribution in [2.24, 2.45) is 0 Å². The molecule has 1 saturated heterocycles. The van der Waals surface area contributed by atoms with Gasteiger partial charge in [-0.1, -0.05) is 12.1 Å². The van der Waals surface area contributed by atoms with Crippen molar-refractivity contribution in [3.63, 3.8) is 0 Å². The minimum atomic E-state index is -0.644. The summed E-state index contributed by atoms with van der Waals surface area (Å²) in [5.41, 5.74) is 0. The second kappa shape index (κ2) is 7.07. The summed E-state index contributed by atoms with van der Waals surface area (Å²) in [6.45, 7) is 1.25. The van der Waals surface area contributed by atoms with Crippen LogP contribution in [-0.4, -0.2) is 59.8 Å². The highest BCUT2D eigenvalue weighted by Crippen LogP contribution is 2.32. The number of para-hydroxylation sites is 2. The standard InChI is InChI=1S/C18H19N3O5/c1-23-16-17(20-8-7-19-16)25-12-6-9-21(10-12)18(22)15-11-24-13-4-2-3-5-14(13)26-15/h2-5,7-8,12,15H,6,9-11H2,1H3/t12-,15+/m0/s1. The molecule has 8 nitrogen and oxygen atoms in total. The Morgan fingerprint density at radius 1 is 1.19 bits per heavy atom. The second-order valence-electron chi connectivity index (χ2n) is 6.05. The van der Waals surface area contributed by atoms with E-state index in [4.69, 9.17) is 18.9 Å². The van der Waals surface area contributed by atoms with Gasteiger partial charge < -0.3 is 23.8 Å². The Bertz CT molecular complexity index is 800. The SMILES string of the molecule is COc1nccnc1O[C@H]1CCN(C(=O)[C@H]2COc3ccccc3O2)C1. The lowest BCUT2D eigenvalue weighted by molar-refractivity contribution is -0.140. The molecule has 2 atom stereocenters. The average molecular weight is 357 g/mol. The van der Waals surface area contributed by atoms with Gasteiger partial charge in [-0.3, -0.25) is 4.79 Å². The Balaban J connectivity index is 1.37. The summed E-state index contributed by atoms with van der Waals surface area (Å²) in [6, 6.07) is 7.34. The molecule has 0 bridgehead atoms. The van der Waals surface area contributed by atoms with Gasteiger partial charge in [0.25, 0.3) is 17.7 Å². The molecule has 0 N–H and O–H groups in total. The predicted octanol–water partition coefficient (Wildman–Crippen LogP) is 1.30. The fraction of sp³-hybridized carbons (Fsp3) is 0.389. The van der Waals surface area contributed by atoms with Gasteiger partial charge in [-0.05, 0) is 12.1 Å². The molecule has 3 heterocycles. The number of nitrogens with zero attached hydrogens (tertiary/aromatic N) is 3. The number of hydrogen-bond acceptors (Lipinski definition) is 7. The number of fused-ring (bicyclic) bond motifs is 1. The Morgan fingerprint density at radius 2 is 1.96 bits per heavy atom. The maximum Gasteiger partial charge on any atom is 0.278 e. The van der Waals surface area contributed by atoms with Crippen LogP contribution in [0.4, 0.5) is 0 Å². The van der Waals surface area contributed by atoms with E-state index in [0.29, 0.717) is 42.8 Å². The van der Waals surface area contributed by atoms with Crippen LogP contribution in [0.1, 0.15) is 6.42 Å². The third kappa shape index (κ3) is 3.22. The normalized spacial score (nSPS) is 21.3. The molecule has 2 aliphatic heterocycles. The van der Waals surface area contributed by atoms with Crippen molar-refractivity contribution < 1.29 is 23.7 Å². The highest BCUT2D eigenvalue weighted by atomic mass is 16.6. The monoisotopic (exact) mass is 357 g/mol. The third-order valence-electron chi connectivity index (χ3n) is 4.35. The minimum Gasteiger partial charge on any atom is -0.485 e. The summed E-state index contributed by atoms with van der Waals surface area (Å²) in [4.78, 5) is 22.7. The van der Waals surface area contributed by atoms with Crippen LogP contribution in [0.2, 0.25) is 0 Å². The largest absolute Gasteiger partial charge is 0.485 e. The molecule has 8 heteroatoms. The van der Waals surface area contributed by atoms with Gasteiger partial charge in [-0.2, -0.15) is 0 Å². The maximum atomic E-state index is 12.7. The first-order valence-electron chi connectivity index (χ1n) is 8.43. The zero-order valence-electron chi connectivity index (χ0n) is 14.3. The lowest BCUT2D eigenvalue weighted by Gasteiger charge is -2.28. The van der Waals surface area contributed by atoms with E-state index in [9.17, 15) is 4.79 Å². The van der Waals surface area contributed by atoms with Gasteiger partial charge in [0.1, 0.15) is 12.7 Å². The molecule has 4 rings (SSSR count). The number of carbonyl (C=O) groups excluding carboxylic acids is 1. The zero-order chi connectivity index (χ0) is 17.9. The topological polar surface area (TPSA) is 83.0 Å². The highest BCUT2D eigenvalue weighted by Gasteiger charge is 2.36. The number of likely N-dealkylation sites (tertiary alicyclic amines) is 1. The van der Waals surface area contributed by atoms with Crippen LogP contribution in [0.25, 0.3) is 0 Å². The number of benzene rings is 1. The number of carbonyl (C=O) groups is 1. The molecule has 26 heavy (non-hydrogen) atoms. The quantitative estimate of drug-likeness (QED) is 0.816. The Hall–Kier alpha value is -3.03. The van der Waals surface area contributed by atoms with Crippen molar-refractivity contribution >= 4 is 5.91 Å². The zero-order valence-corrected chi connectivity index (χ0v) is 14.3. The molecular formula is C18H19N3O5. The molecule has 0 radical (unpaired) electrons. The lowest BCUT2D eigenvalue weighted by Crippen LogP contribution is -2.46. The maximum absolute atomic E-state index is 12.7. The minimum absolute atomic E-state index is 0.100.